The quantitative estimate of drug-likeness (QED) is 0.875. The van der Waals surface area contributed by atoms with E-state index < -0.39 is 0 Å². The van der Waals surface area contributed by atoms with Crippen LogP contribution < -0.4 is 10.2 Å². The largest absolute Gasteiger partial charge is 0.352 e. The van der Waals surface area contributed by atoms with Crippen molar-refractivity contribution >= 4 is 17.2 Å². The van der Waals surface area contributed by atoms with Gasteiger partial charge in [-0.2, -0.15) is 0 Å². The third kappa shape index (κ3) is 3.55. The fraction of sp³-hybridized carbons (Fsp3) is 0.400. The van der Waals surface area contributed by atoms with Crippen molar-refractivity contribution in [1.29, 1.82) is 0 Å². The summed E-state index contributed by atoms with van der Waals surface area (Å²) in [6.07, 6.45) is 1.89. The molecule has 0 aromatic carbocycles. The molecule has 1 atom stereocenters. The van der Waals surface area contributed by atoms with Crippen LogP contribution in [0.4, 0.5) is 5.82 Å². The summed E-state index contributed by atoms with van der Waals surface area (Å²) in [5, 5.41) is 5.46. The molecule has 0 spiro atoms. The molecule has 2 rings (SSSR count). The van der Waals surface area contributed by atoms with Gasteiger partial charge in [0.2, 0.25) is 0 Å². The maximum Gasteiger partial charge on any atom is 0.129 e. The van der Waals surface area contributed by atoms with Gasteiger partial charge in [0.25, 0.3) is 0 Å². The summed E-state index contributed by atoms with van der Waals surface area (Å²) in [5.41, 5.74) is 1.28. The Balaban J connectivity index is 2.12. The molecule has 1 N–H and O–H groups in total. The molecule has 0 radical (unpaired) electrons. The van der Waals surface area contributed by atoms with E-state index in [4.69, 9.17) is 0 Å². The lowest BCUT2D eigenvalue weighted by molar-refractivity contribution is 0.718. The summed E-state index contributed by atoms with van der Waals surface area (Å²) in [7, 11) is 2.10. The highest BCUT2D eigenvalue weighted by molar-refractivity contribution is 7.10. The number of hydrogen-bond donors (Lipinski definition) is 1. The molecule has 0 aliphatic rings. The van der Waals surface area contributed by atoms with E-state index in [-0.39, 0.29) is 0 Å². The predicted octanol–water partition coefficient (Wildman–Crippen LogP) is 3.45. The second kappa shape index (κ2) is 6.68. The Kier molecular flexibility index (Phi) is 4.93. The maximum absolute atomic E-state index is 4.48. The number of nitrogens with zero attached hydrogens (tertiary/aromatic N) is 2. The van der Waals surface area contributed by atoms with Crippen LogP contribution in [0.2, 0.25) is 0 Å². The third-order valence-electron chi connectivity index (χ3n) is 3.29. The molecule has 0 aliphatic carbocycles. The first-order valence-corrected chi connectivity index (χ1v) is 7.52. The van der Waals surface area contributed by atoms with Crippen molar-refractivity contribution in [3.05, 3.63) is 46.3 Å². The smallest absolute Gasteiger partial charge is 0.129 e. The normalized spacial score (nSPS) is 12.4. The summed E-state index contributed by atoms with van der Waals surface area (Å²) in [5.74, 6) is 1.02. The van der Waals surface area contributed by atoms with Crippen LogP contribution in [0.3, 0.4) is 0 Å². The van der Waals surface area contributed by atoms with Gasteiger partial charge in [0.15, 0.2) is 0 Å². The number of anilines is 1. The van der Waals surface area contributed by atoms with Crippen molar-refractivity contribution in [3.8, 4) is 0 Å². The Bertz CT molecular complexity index is 496. The van der Waals surface area contributed by atoms with Gasteiger partial charge in [-0.1, -0.05) is 13.0 Å². The summed E-state index contributed by atoms with van der Waals surface area (Å²) in [6, 6.07) is 8.85. The Morgan fingerprint density at radius 1 is 1.42 bits per heavy atom. The highest BCUT2D eigenvalue weighted by atomic mass is 32.1. The molecular weight excluding hydrogens is 254 g/mol. The molecule has 0 saturated heterocycles. The zero-order valence-electron chi connectivity index (χ0n) is 11.8. The molecule has 0 fully saturated rings. The van der Waals surface area contributed by atoms with Gasteiger partial charge < -0.3 is 10.2 Å². The summed E-state index contributed by atoms with van der Waals surface area (Å²) in [4.78, 5) is 8.07. The van der Waals surface area contributed by atoms with Gasteiger partial charge in [-0.3, -0.25) is 0 Å². The van der Waals surface area contributed by atoms with Crippen LogP contribution >= 0.6 is 11.3 Å². The summed E-state index contributed by atoms with van der Waals surface area (Å²) < 4.78 is 0. The van der Waals surface area contributed by atoms with Gasteiger partial charge in [-0.05, 0) is 42.6 Å². The van der Waals surface area contributed by atoms with Crippen molar-refractivity contribution < 1.29 is 0 Å². The van der Waals surface area contributed by atoms with Crippen LogP contribution in [0.5, 0.6) is 0 Å². The van der Waals surface area contributed by atoms with E-state index in [1.807, 2.05) is 6.20 Å². The van der Waals surface area contributed by atoms with Crippen LogP contribution in [0.1, 0.15) is 30.3 Å². The van der Waals surface area contributed by atoms with E-state index in [9.17, 15) is 0 Å². The number of hydrogen-bond acceptors (Lipinski definition) is 4. The molecule has 0 bridgehead atoms. The Labute approximate surface area is 119 Å². The lowest BCUT2D eigenvalue weighted by atomic mass is 10.2. The van der Waals surface area contributed by atoms with Crippen LogP contribution in [-0.4, -0.2) is 18.6 Å². The predicted molar refractivity (Wildman–Crippen MR) is 82.8 cm³/mol. The monoisotopic (exact) mass is 275 g/mol. The second-order valence-electron chi connectivity index (χ2n) is 4.60. The van der Waals surface area contributed by atoms with Crippen LogP contribution in [-0.2, 0) is 6.54 Å². The molecule has 0 amide bonds. The first-order valence-electron chi connectivity index (χ1n) is 6.64. The first-order chi connectivity index (χ1) is 9.22. The maximum atomic E-state index is 4.48. The minimum Gasteiger partial charge on any atom is -0.352 e. The van der Waals surface area contributed by atoms with Crippen molar-refractivity contribution in [2.75, 3.05) is 18.5 Å². The standard InChI is InChI=1S/C15H21N3S/c1-4-16-11-13-7-8-17-15(10-13)18(3)12(2)14-6-5-9-19-14/h5-10,12,16H,4,11H2,1-3H3. The highest BCUT2D eigenvalue weighted by Crippen LogP contribution is 2.27. The molecule has 2 aromatic rings. The topological polar surface area (TPSA) is 28.2 Å². The molecule has 0 aliphatic heterocycles. The van der Waals surface area contributed by atoms with E-state index in [1.54, 1.807) is 11.3 Å². The zero-order chi connectivity index (χ0) is 13.7. The van der Waals surface area contributed by atoms with Gasteiger partial charge in [0.1, 0.15) is 5.82 Å². The van der Waals surface area contributed by atoms with Crippen LogP contribution in [0, 0.1) is 0 Å². The highest BCUT2D eigenvalue weighted by Gasteiger charge is 2.14. The fourth-order valence-electron chi connectivity index (χ4n) is 1.95. The van der Waals surface area contributed by atoms with Crippen molar-refractivity contribution in [1.82, 2.24) is 10.3 Å². The van der Waals surface area contributed by atoms with E-state index in [0.29, 0.717) is 6.04 Å². The SMILES string of the molecule is CCNCc1ccnc(N(C)C(C)c2cccs2)c1. The third-order valence-corrected chi connectivity index (χ3v) is 4.33. The molecular formula is C15H21N3S. The van der Waals surface area contributed by atoms with Crippen LogP contribution in [0.15, 0.2) is 35.8 Å². The van der Waals surface area contributed by atoms with Crippen molar-refractivity contribution in [3.63, 3.8) is 0 Å². The summed E-state index contributed by atoms with van der Waals surface area (Å²) >= 11 is 1.79. The minimum atomic E-state index is 0.349. The Morgan fingerprint density at radius 2 is 2.26 bits per heavy atom. The first kappa shape index (κ1) is 14.0. The molecule has 1 unspecified atom stereocenters. The van der Waals surface area contributed by atoms with Gasteiger partial charge >= 0.3 is 0 Å². The average molecular weight is 275 g/mol. The molecule has 19 heavy (non-hydrogen) atoms. The Hall–Kier alpha value is -1.39. The lowest BCUT2D eigenvalue weighted by Crippen LogP contribution is -2.22. The number of nitrogens with one attached hydrogen (secondary N) is 1. The van der Waals surface area contributed by atoms with Gasteiger partial charge in [-0.15, -0.1) is 11.3 Å². The van der Waals surface area contributed by atoms with Gasteiger partial charge in [0.05, 0.1) is 6.04 Å². The van der Waals surface area contributed by atoms with Crippen molar-refractivity contribution in [2.24, 2.45) is 0 Å². The lowest BCUT2D eigenvalue weighted by Gasteiger charge is -2.25. The van der Waals surface area contributed by atoms with Crippen molar-refractivity contribution in [2.45, 2.75) is 26.4 Å². The van der Waals surface area contributed by atoms with Crippen LogP contribution in [0.25, 0.3) is 0 Å². The van der Waals surface area contributed by atoms with E-state index in [1.165, 1.54) is 10.4 Å². The number of rotatable bonds is 6. The molecule has 3 nitrogen and oxygen atoms in total. The van der Waals surface area contributed by atoms with E-state index in [2.05, 4.69) is 65.7 Å². The Morgan fingerprint density at radius 3 is 2.95 bits per heavy atom. The molecule has 0 saturated carbocycles. The molecule has 2 heterocycles. The number of pyridine rings is 1. The van der Waals surface area contributed by atoms with Gasteiger partial charge in [0, 0.05) is 24.7 Å². The molecule has 2 aromatic heterocycles. The van der Waals surface area contributed by atoms with E-state index >= 15 is 0 Å². The fourth-order valence-corrected chi connectivity index (χ4v) is 2.78. The van der Waals surface area contributed by atoms with Gasteiger partial charge in [-0.25, -0.2) is 4.98 Å². The summed E-state index contributed by atoms with van der Waals surface area (Å²) in [6.45, 7) is 6.21. The van der Waals surface area contributed by atoms with E-state index in [0.717, 1.165) is 18.9 Å². The average Bonchev–Trinajstić information content (AvgIpc) is 2.98. The number of thiophene rings is 1. The zero-order valence-corrected chi connectivity index (χ0v) is 12.6. The number of aromatic nitrogens is 1. The minimum absolute atomic E-state index is 0.349. The second-order valence-corrected chi connectivity index (χ2v) is 5.58. The molecule has 102 valence electrons. The molecule has 4 heteroatoms.